The summed E-state index contributed by atoms with van der Waals surface area (Å²) in [5.41, 5.74) is 2.57. The van der Waals surface area contributed by atoms with Crippen molar-refractivity contribution >= 4 is 11.4 Å². The van der Waals surface area contributed by atoms with Crippen LogP contribution in [0.15, 0.2) is 12.1 Å². The maximum absolute atomic E-state index is 13.1. The quantitative estimate of drug-likeness (QED) is 0.360. The number of nitrogen functional groups attached to an aromatic ring is 1. The predicted molar refractivity (Wildman–Crippen MR) is 47.0 cm³/mol. The highest BCUT2D eigenvalue weighted by molar-refractivity contribution is 5.65. The summed E-state index contributed by atoms with van der Waals surface area (Å²) in [5.74, 6) is -5.51. The third-order valence-electron chi connectivity index (χ3n) is 2.27. The number of rotatable bonds is 1. The Kier molecular flexibility index (Phi) is 2.01. The van der Waals surface area contributed by atoms with Crippen LogP contribution in [-0.2, 0) is 5.92 Å². The number of hydrogen-bond donors (Lipinski definition) is 1. The van der Waals surface area contributed by atoms with Gasteiger partial charge in [-0.25, -0.2) is 0 Å². The van der Waals surface area contributed by atoms with Gasteiger partial charge in [-0.15, -0.1) is 0 Å². The zero-order valence-electron chi connectivity index (χ0n) is 7.92. The van der Waals surface area contributed by atoms with Crippen LogP contribution in [0.2, 0.25) is 0 Å². The lowest BCUT2D eigenvalue weighted by Crippen LogP contribution is -2.36. The summed E-state index contributed by atoms with van der Waals surface area (Å²) in [6.07, 6.45) is -4.74. The van der Waals surface area contributed by atoms with Gasteiger partial charge in [0.1, 0.15) is 11.4 Å². The second kappa shape index (κ2) is 2.99. The maximum atomic E-state index is 13.1. The summed E-state index contributed by atoms with van der Waals surface area (Å²) in [5, 5.41) is 10.4. The second-order valence-electron chi connectivity index (χ2n) is 3.36. The highest BCUT2D eigenvalue weighted by Crippen LogP contribution is 2.54. The molecule has 0 radical (unpaired) electrons. The molecule has 92 valence electrons. The van der Waals surface area contributed by atoms with Crippen molar-refractivity contribution in [1.29, 1.82) is 0 Å². The molecule has 0 saturated heterocycles. The molecule has 5 nitrogen and oxygen atoms in total. The predicted octanol–water partition coefficient (Wildman–Crippen LogP) is 2.25. The molecule has 0 aliphatic carbocycles. The zero-order chi connectivity index (χ0) is 13.0. The number of ether oxygens (including phenoxy) is 1. The number of nitrogens with zero attached hydrogens (tertiary/aromatic N) is 1. The maximum Gasteiger partial charge on any atom is 0.469 e. The van der Waals surface area contributed by atoms with Gasteiger partial charge in [0, 0.05) is 0 Å². The summed E-state index contributed by atoms with van der Waals surface area (Å²) < 4.78 is 55.6. The number of alkyl halides is 4. The van der Waals surface area contributed by atoms with Crippen LogP contribution in [0.25, 0.3) is 0 Å². The molecule has 0 fully saturated rings. The SMILES string of the molecule is Nc1cc2c(cc1[N+](=O)[O-])OC(F)(F)C2(F)F. The first-order valence-electron chi connectivity index (χ1n) is 4.20. The molecule has 0 amide bonds. The highest BCUT2D eigenvalue weighted by Gasteiger charge is 2.67. The molecule has 0 atom stereocenters. The van der Waals surface area contributed by atoms with Crippen molar-refractivity contribution in [3.8, 4) is 5.75 Å². The Morgan fingerprint density at radius 1 is 1.29 bits per heavy atom. The van der Waals surface area contributed by atoms with Gasteiger partial charge in [-0.3, -0.25) is 10.1 Å². The number of nitrogens with two attached hydrogens (primary N) is 1. The number of halogens is 4. The average Bonchev–Trinajstić information content (AvgIpc) is 2.34. The Morgan fingerprint density at radius 2 is 1.88 bits per heavy atom. The zero-order valence-corrected chi connectivity index (χ0v) is 7.92. The Hall–Kier alpha value is -2.06. The second-order valence-corrected chi connectivity index (χ2v) is 3.36. The van der Waals surface area contributed by atoms with Crippen LogP contribution in [0.1, 0.15) is 5.56 Å². The van der Waals surface area contributed by atoms with E-state index >= 15 is 0 Å². The van der Waals surface area contributed by atoms with Gasteiger partial charge >= 0.3 is 12.0 Å². The van der Waals surface area contributed by atoms with Gasteiger partial charge in [0.05, 0.1) is 16.6 Å². The molecule has 2 N–H and O–H groups in total. The summed E-state index contributed by atoms with van der Waals surface area (Å²) in [7, 11) is 0. The van der Waals surface area contributed by atoms with Crippen molar-refractivity contribution in [2.45, 2.75) is 12.0 Å². The van der Waals surface area contributed by atoms with Crippen molar-refractivity contribution < 1.29 is 27.2 Å². The van der Waals surface area contributed by atoms with Crippen LogP contribution >= 0.6 is 0 Å². The van der Waals surface area contributed by atoms with E-state index in [9.17, 15) is 27.7 Å². The molecule has 1 aromatic carbocycles. The Bertz CT molecular complexity index is 518. The number of benzene rings is 1. The van der Waals surface area contributed by atoms with E-state index in [2.05, 4.69) is 4.74 Å². The normalized spacial score (nSPS) is 19.5. The average molecular weight is 252 g/mol. The largest absolute Gasteiger partial charge is 0.469 e. The molecule has 1 heterocycles. The summed E-state index contributed by atoms with van der Waals surface area (Å²) >= 11 is 0. The molecule has 1 aliphatic heterocycles. The molecule has 9 heteroatoms. The first-order chi connectivity index (χ1) is 7.67. The van der Waals surface area contributed by atoms with Crippen molar-refractivity contribution in [2.75, 3.05) is 5.73 Å². The lowest BCUT2D eigenvalue weighted by atomic mass is 10.1. The molecule has 0 saturated carbocycles. The number of nitro groups is 1. The minimum absolute atomic E-state index is 0.425. The van der Waals surface area contributed by atoms with E-state index < -0.39 is 39.6 Å². The minimum Gasteiger partial charge on any atom is -0.427 e. The number of anilines is 1. The Balaban J connectivity index is 2.65. The van der Waals surface area contributed by atoms with E-state index in [-0.39, 0.29) is 0 Å². The van der Waals surface area contributed by atoms with Crippen LogP contribution in [0, 0.1) is 10.1 Å². The molecule has 17 heavy (non-hydrogen) atoms. The van der Waals surface area contributed by atoms with Gasteiger partial charge in [-0.2, -0.15) is 17.6 Å². The monoisotopic (exact) mass is 252 g/mol. The van der Waals surface area contributed by atoms with Crippen molar-refractivity contribution in [3.05, 3.63) is 27.8 Å². The van der Waals surface area contributed by atoms with Gasteiger partial charge in [0.25, 0.3) is 5.69 Å². The Morgan fingerprint density at radius 3 is 2.41 bits per heavy atom. The standard InChI is InChI=1S/C8H4F4N2O3/c9-7(10)3-1-4(13)5(14(15)16)2-6(3)17-8(7,11)12/h1-2H,13H2. The first-order valence-corrected chi connectivity index (χ1v) is 4.20. The fraction of sp³-hybridized carbons (Fsp3) is 0.250. The van der Waals surface area contributed by atoms with Crippen LogP contribution in [0.5, 0.6) is 5.75 Å². The molecule has 1 aromatic rings. The van der Waals surface area contributed by atoms with E-state index in [1.807, 2.05) is 0 Å². The number of fused-ring (bicyclic) bond motifs is 1. The molecule has 2 rings (SSSR count). The Labute approximate surface area is 90.9 Å². The molecular weight excluding hydrogens is 248 g/mol. The molecular formula is C8H4F4N2O3. The summed E-state index contributed by atoms with van der Waals surface area (Å²) in [6.45, 7) is 0. The van der Waals surface area contributed by atoms with Crippen molar-refractivity contribution in [3.63, 3.8) is 0 Å². The van der Waals surface area contributed by atoms with Gasteiger partial charge in [-0.1, -0.05) is 0 Å². The molecule has 0 bridgehead atoms. The van der Waals surface area contributed by atoms with E-state index in [1.165, 1.54) is 0 Å². The van der Waals surface area contributed by atoms with E-state index in [0.717, 1.165) is 0 Å². The van der Waals surface area contributed by atoms with Gasteiger partial charge in [-0.05, 0) is 6.07 Å². The van der Waals surface area contributed by atoms with Crippen LogP contribution in [0.3, 0.4) is 0 Å². The fourth-order valence-electron chi connectivity index (χ4n) is 1.43. The summed E-state index contributed by atoms with van der Waals surface area (Å²) in [6, 6.07) is 0.883. The van der Waals surface area contributed by atoms with E-state index in [0.29, 0.717) is 12.1 Å². The van der Waals surface area contributed by atoms with Gasteiger partial charge in [0.2, 0.25) is 0 Å². The number of nitro benzene ring substituents is 1. The van der Waals surface area contributed by atoms with Gasteiger partial charge in [0.15, 0.2) is 0 Å². The number of hydrogen-bond acceptors (Lipinski definition) is 4. The fourth-order valence-corrected chi connectivity index (χ4v) is 1.43. The molecule has 0 spiro atoms. The lowest BCUT2D eigenvalue weighted by molar-refractivity contribution is -0.384. The van der Waals surface area contributed by atoms with Crippen molar-refractivity contribution in [2.24, 2.45) is 0 Å². The lowest BCUT2D eigenvalue weighted by Gasteiger charge is -2.15. The van der Waals surface area contributed by atoms with Gasteiger partial charge < -0.3 is 10.5 Å². The first kappa shape index (κ1) is 11.4. The molecule has 0 aromatic heterocycles. The minimum atomic E-state index is -4.74. The van der Waals surface area contributed by atoms with Crippen molar-refractivity contribution in [1.82, 2.24) is 0 Å². The van der Waals surface area contributed by atoms with E-state index in [4.69, 9.17) is 5.73 Å². The molecule has 0 unspecified atom stereocenters. The third-order valence-corrected chi connectivity index (χ3v) is 2.27. The topological polar surface area (TPSA) is 78.4 Å². The van der Waals surface area contributed by atoms with E-state index in [1.54, 1.807) is 0 Å². The van der Waals surface area contributed by atoms with Crippen LogP contribution < -0.4 is 10.5 Å². The molecule has 1 aliphatic rings. The van der Waals surface area contributed by atoms with Crippen LogP contribution in [0.4, 0.5) is 28.9 Å². The summed E-state index contributed by atoms with van der Waals surface area (Å²) in [4.78, 5) is 9.46. The third kappa shape index (κ3) is 1.38. The highest BCUT2D eigenvalue weighted by atomic mass is 19.3. The van der Waals surface area contributed by atoms with Crippen LogP contribution in [-0.4, -0.2) is 11.0 Å². The smallest absolute Gasteiger partial charge is 0.427 e.